The van der Waals surface area contributed by atoms with Crippen LogP contribution in [0.4, 0.5) is 0 Å². The molecule has 2 nitrogen and oxygen atoms in total. The SMILES string of the molecule is C=CCN(CC1(CN)CCCC1)C(C)C. The molecule has 88 valence electrons. The van der Waals surface area contributed by atoms with Crippen LogP contribution < -0.4 is 5.73 Å². The largest absolute Gasteiger partial charge is 0.330 e. The molecule has 0 amide bonds. The van der Waals surface area contributed by atoms with E-state index in [-0.39, 0.29) is 0 Å². The average molecular weight is 210 g/mol. The lowest BCUT2D eigenvalue weighted by Crippen LogP contribution is -2.43. The highest BCUT2D eigenvalue weighted by Gasteiger charge is 2.34. The van der Waals surface area contributed by atoms with Crippen LogP contribution in [0.1, 0.15) is 39.5 Å². The first-order valence-corrected chi connectivity index (χ1v) is 6.18. The Labute approximate surface area is 94.5 Å². The van der Waals surface area contributed by atoms with Gasteiger partial charge in [0.2, 0.25) is 0 Å². The third-order valence-electron chi connectivity index (χ3n) is 3.73. The Kier molecular flexibility index (Phi) is 4.81. The van der Waals surface area contributed by atoms with E-state index in [2.05, 4.69) is 25.3 Å². The summed E-state index contributed by atoms with van der Waals surface area (Å²) >= 11 is 0. The van der Waals surface area contributed by atoms with E-state index in [1.54, 1.807) is 0 Å². The average Bonchev–Trinajstić information content (AvgIpc) is 2.66. The van der Waals surface area contributed by atoms with Gasteiger partial charge >= 0.3 is 0 Å². The second-order valence-electron chi connectivity index (χ2n) is 5.22. The van der Waals surface area contributed by atoms with Gasteiger partial charge in [-0.3, -0.25) is 4.90 Å². The zero-order chi connectivity index (χ0) is 11.3. The second-order valence-corrected chi connectivity index (χ2v) is 5.22. The minimum atomic E-state index is 0.396. The second kappa shape index (κ2) is 5.66. The molecule has 2 N–H and O–H groups in total. The summed E-state index contributed by atoms with van der Waals surface area (Å²) in [4.78, 5) is 2.49. The van der Waals surface area contributed by atoms with Crippen LogP contribution in [0.3, 0.4) is 0 Å². The van der Waals surface area contributed by atoms with Crippen molar-refractivity contribution >= 4 is 0 Å². The standard InChI is InChI=1S/C13H26N2/c1-4-9-15(12(2)3)11-13(10-14)7-5-6-8-13/h4,12H,1,5-11,14H2,2-3H3. The van der Waals surface area contributed by atoms with Crippen molar-refractivity contribution < 1.29 is 0 Å². The van der Waals surface area contributed by atoms with Gasteiger partial charge in [0, 0.05) is 19.1 Å². The summed E-state index contributed by atoms with van der Waals surface area (Å²) in [5.41, 5.74) is 6.36. The van der Waals surface area contributed by atoms with Gasteiger partial charge in [0.15, 0.2) is 0 Å². The minimum Gasteiger partial charge on any atom is -0.330 e. The van der Waals surface area contributed by atoms with Gasteiger partial charge in [0.1, 0.15) is 0 Å². The lowest BCUT2D eigenvalue weighted by atomic mass is 9.85. The van der Waals surface area contributed by atoms with Crippen LogP contribution in [0.25, 0.3) is 0 Å². The van der Waals surface area contributed by atoms with Crippen LogP contribution in [0.15, 0.2) is 12.7 Å². The molecule has 0 radical (unpaired) electrons. The first kappa shape index (κ1) is 12.7. The highest BCUT2D eigenvalue weighted by molar-refractivity contribution is 4.90. The van der Waals surface area contributed by atoms with E-state index in [9.17, 15) is 0 Å². The predicted octanol–water partition coefficient (Wildman–Crippen LogP) is 2.40. The van der Waals surface area contributed by atoms with Crippen molar-refractivity contribution in [1.82, 2.24) is 4.90 Å². The lowest BCUT2D eigenvalue weighted by molar-refractivity contribution is 0.141. The zero-order valence-corrected chi connectivity index (χ0v) is 10.3. The van der Waals surface area contributed by atoms with E-state index in [0.29, 0.717) is 11.5 Å². The Morgan fingerprint density at radius 1 is 1.40 bits per heavy atom. The number of rotatable bonds is 6. The molecule has 0 bridgehead atoms. The molecule has 0 heterocycles. The smallest absolute Gasteiger partial charge is 0.0163 e. The van der Waals surface area contributed by atoms with E-state index in [1.807, 2.05) is 6.08 Å². The molecular weight excluding hydrogens is 184 g/mol. The maximum absolute atomic E-state index is 5.96. The molecule has 15 heavy (non-hydrogen) atoms. The molecule has 0 aromatic heterocycles. The molecule has 0 aromatic rings. The van der Waals surface area contributed by atoms with E-state index >= 15 is 0 Å². The van der Waals surface area contributed by atoms with Crippen molar-refractivity contribution in [3.63, 3.8) is 0 Å². The summed E-state index contributed by atoms with van der Waals surface area (Å²) < 4.78 is 0. The van der Waals surface area contributed by atoms with Gasteiger partial charge in [0.25, 0.3) is 0 Å². The predicted molar refractivity (Wildman–Crippen MR) is 66.9 cm³/mol. The maximum atomic E-state index is 5.96. The Hall–Kier alpha value is -0.340. The van der Waals surface area contributed by atoms with Gasteiger partial charge in [-0.2, -0.15) is 0 Å². The maximum Gasteiger partial charge on any atom is 0.0163 e. The van der Waals surface area contributed by atoms with Gasteiger partial charge in [-0.25, -0.2) is 0 Å². The third-order valence-corrected chi connectivity index (χ3v) is 3.73. The molecule has 0 aliphatic heterocycles. The first-order valence-electron chi connectivity index (χ1n) is 6.18. The molecule has 1 fully saturated rings. The van der Waals surface area contributed by atoms with E-state index < -0.39 is 0 Å². The molecule has 0 saturated heterocycles. The fourth-order valence-electron chi connectivity index (χ4n) is 2.61. The molecule has 1 saturated carbocycles. The summed E-state index contributed by atoms with van der Waals surface area (Å²) in [6.45, 7) is 11.3. The summed E-state index contributed by atoms with van der Waals surface area (Å²) in [5.74, 6) is 0. The van der Waals surface area contributed by atoms with E-state index in [4.69, 9.17) is 5.73 Å². The monoisotopic (exact) mass is 210 g/mol. The molecule has 0 unspecified atom stereocenters. The fraction of sp³-hybridized carbons (Fsp3) is 0.846. The summed E-state index contributed by atoms with van der Waals surface area (Å²) in [6, 6.07) is 0.590. The zero-order valence-electron chi connectivity index (χ0n) is 10.3. The number of hydrogen-bond donors (Lipinski definition) is 1. The quantitative estimate of drug-likeness (QED) is 0.682. The minimum absolute atomic E-state index is 0.396. The molecule has 0 atom stereocenters. The number of hydrogen-bond acceptors (Lipinski definition) is 2. The topological polar surface area (TPSA) is 29.3 Å². The van der Waals surface area contributed by atoms with E-state index in [0.717, 1.165) is 19.6 Å². The summed E-state index contributed by atoms with van der Waals surface area (Å²) in [7, 11) is 0. The fourth-order valence-corrected chi connectivity index (χ4v) is 2.61. The highest BCUT2D eigenvalue weighted by Crippen LogP contribution is 2.38. The Morgan fingerprint density at radius 3 is 2.40 bits per heavy atom. The first-order chi connectivity index (χ1) is 7.13. The van der Waals surface area contributed by atoms with Crippen molar-refractivity contribution in [2.45, 2.75) is 45.6 Å². The van der Waals surface area contributed by atoms with Crippen LogP contribution in [0.5, 0.6) is 0 Å². The van der Waals surface area contributed by atoms with Gasteiger partial charge < -0.3 is 5.73 Å². The van der Waals surface area contributed by atoms with Crippen molar-refractivity contribution in [2.75, 3.05) is 19.6 Å². The lowest BCUT2D eigenvalue weighted by Gasteiger charge is -2.36. The Bertz CT molecular complexity index is 193. The van der Waals surface area contributed by atoms with Gasteiger partial charge in [-0.1, -0.05) is 18.9 Å². The molecule has 1 rings (SSSR count). The number of nitrogens with two attached hydrogens (primary N) is 1. The van der Waals surface area contributed by atoms with Crippen LogP contribution in [-0.4, -0.2) is 30.6 Å². The Morgan fingerprint density at radius 2 is 2.00 bits per heavy atom. The van der Waals surface area contributed by atoms with Crippen molar-refractivity contribution in [2.24, 2.45) is 11.1 Å². The normalized spacial score (nSPS) is 20.1. The molecule has 1 aliphatic carbocycles. The molecule has 1 aliphatic rings. The van der Waals surface area contributed by atoms with Crippen LogP contribution in [0.2, 0.25) is 0 Å². The molecule has 2 heteroatoms. The van der Waals surface area contributed by atoms with Crippen LogP contribution in [-0.2, 0) is 0 Å². The van der Waals surface area contributed by atoms with E-state index in [1.165, 1.54) is 25.7 Å². The highest BCUT2D eigenvalue weighted by atomic mass is 15.1. The Balaban J connectivity index is 2.57. The van der Waals surface area contributed by atoms with Gasteiger partial charge in [0.05, 0.1) is 0 Å². The number of nitrogens with zero attached hydrogens (tertiary/aromatic N) is 1. The summed E-state index contributed by atoms with van der Waals surface area (Å²) in [5, 5.41) is 0. The van der Waals surface area contributed by atoms with Crippen LogP contribution >= 0.6 is 0 Å². The van der Waals surface area contributed by atoms with Gasteiger partial charge in [-0.05, 0) is 38.6 Å². The van der Waals surface area contributed by atoms with Crippen molar-refractivity contribution in [1.29, 1.82) is 0 Å². The van der Waals surface area contributed by atoms with Crippen molar-refractivity contribution in [3.05, 3.63) is 12.7 Å². The van der Waals surface area contributed by atoms with Gasteiger partial charge in [-0.15, -0.1) is 6.58 Å². The molecular formula is C13H26N2. The molecule has 0 aromatic carbocycles. The summed E-state index contributed by atoms with van der Waals surface area (Å²) in [6.07, 6.45) is 7.33. The molecule has 0 spiro atoms. The van der Waals surface area contributed by atoms with Crippen LogP contribution in [0, 0.1) is 5.41 Å². The van der Waals surface area contributed by atoms with Crippen molar-refractivity contribution in [3.8, 4) is 0 Å². The third kappa shape index (κ3) is 3.32.